The van der Waals surface area contributed by atoms with Gasteiger partial charge < -0.3 is 5.73 Å². The van der Waals surface area contributed by atoms with E-state index in [9.17, 15) is 18.5 Å². The van der Waals surface area contributed by atoms with Crippen molar-refractivity contribution in [2.24, 2.45) is 0 Å². The van der Waals surface area contributed by atoms with E-state index in [2.05, 4.69) is 0 Å². The van der Waals surface area contributed by atoms with Crippen LogP contribution in [-0.4, -0.2) is 30.2 Å². The molecule has 9 heteroatoms. The summed E-state index contributed by atoms with van der Waals surface area (Å²) >= 11 is 0. The Morgan fingerprint density at radius 2 is 2.14 bits per heavy atom. The van der Waals surface area contributed by atoms with Gasteiger partial charge in [0.15, 0.2) is 0 Å². The first-order valence-corrected chi connectivity index (χ1v) is 7.74. The smallest absolute Gasteiger partial charge is 0.270 e. The van der Waals surface area contributed by atoms with Crippen molar-refractivity contribution < 1.29 is 13.3 Å². The zero-order valence-corrected chi connectivity index (χ0v) is 11.9. The van der Waals surface area contributed by atoms with Crippen LogP contribution in [0.2, 0.25) is 0 Å². The zero-order chi connectivity index (χ0) is 15.6. The van der Waals surface area contributed by atoms with Crippen LogP contribution in [0.15, 0.2) is 23.1 Å². The molecule has 0 aliphatic heterocycles. The summed E-state index contributed by atoms with van der Waals surface area (Å²) in [6.45, 7) is 0.0611. The van der Waals surface area contributed by atoms with Crippen LogP contribution in [0.3, 0.4) is 0 Å². The lowest BCUT2D eigenvalue weighted by Crippen LogP contribution is -2.34. The number of nitrogens with zero attached hydrogens (tertiary/aromatic N) is 3. The average Bonchev–Trinajstić information content (AvgIpc) is 3.23. The van der Waals surface area contributed by atoms with E-state index in [1.54, 1.807) is 0 Å². The van der Waals surface area contributed by atoms with Crippen molar-refractivity contribution in [1.82, 2.24) is 4.31 Å². The number of nitrogens with two attached hydrogens (primary N) is 1. The van der Waals surface area contributed by atoms with Crippen LogP contribution < -0.4 is 5.73 Å². The quantitative estimate of drug-likeness (QED) is 0.478. The molecule has 1 aromatic rings. The number of rotatable bonds is 6. The molecule has 2 N–H and O–H groups in total. The predicted molar refractivity (Wildman–Crippen MR) is 74.7 cm³/mol. The lowest BCUT2D eigenvalue weighted by molar-refractivity contribution is -0.385. The second-order valence-electron chi connectivity index (χ2n) is 4.73. The van der Waals surface area contributed by atoms with Gasteiger partial charge in [-0.15, -0.1) is 0 Å². The summed E-state index contributed by atoms with van der Waals surface area (Å²) < 4.78 is 26.5. The molecule has 0 bridgehead atoms. The van der Waals surface area contributed by atoms with Gasteiger partial charge in [-0.05, 0) is 18.9 Å². The Kier molecular flexibility index (Phi) is 4.11. The van der Waals surface area contributed by atoms with E-state index in [0.717, 1.165) is 25.0 Å². The van der Waals surface area contributed by atoms with Crippen LogP contribution in [0.25, 0.3) is 0 Å². The second-order valence-corrected chi connectivity index (χ2v) is 6.59. The number of nitriles is 1. The van der Waals surface area contributed by atoms with Crippen molar-refractivity contribution in [3.8, 4) is 6.07 Å². The highest BCUT2D eigenvalue weighted by Gasteiger charge is 2.39. The Bertz CT molecular complexity index is 706. The summed E-state index contributed by atoms with van der Waals surface area (Å²) in [5, 5.41) is 19.4. The summed E-state index contributed by atoms with van der Waals surface area (Å²) in [7, 11) is -3.94. The normalized spacial score (nSPS) is 14.9. The number of nitro groups is 1. The van der Waals surface area contributed by atoms with E-state index in [4.69, 9.17) is 11.0 Å². The number of nitro benzene ring substituents is 1. The van der Waals surface area contributed by atoms with Gasteiger partial charge in [0.25, 0.3) is 5.69 Å². The fraction of sp³-hybridized carbons (Fsp3) is 0.417. The molecule has 0 atom stereocenters. The van der Waals surface area contributed by atoms with Gasteiger partial charge >= 0.3 is 0 Å². The second kappa shape index (κ2) is 5.67. The van der Waals surface area contributed by atoms with Gasteiger partial charge in [-0.1, -0.05) is 0 Å². The Balaban J connectivity index is 2.44. The standard InChI is InChI=1S/C12H14N4O4S/c13-6-1-7-15(9-2-3-9)21(19,20)12-8-10(16(17)18)4-5-11(12)14/h4-5,8-9H,1-3,7,14H2. The van der Waals surface area contributed by atoms with Crippen LogP contribution in [0.5, 0.6) is 0 Å². The van der Waals surface area contributed by atoms with Crippen LogP contribution in [0.4, 0.5) is 11.4 Å². The molecule has 112 valence electrons. The first-order valence-electron chi connectivity index (χ1n) is 6.30. The van der Waals surface area contributed by atoms with E-state index in [1.165, 1.54) is 10.4 Å². The minimum atomic E-state index is -3.94. The molecule has 0 radical (unpaired) electrons. The maximum atomic E-state index is 12.6. The summed E-state index contributed by atoms with van der Waals surface area (Å²) in [5.74, 6) is 0. The van der Waals surface area contributed by atoms with Crippen molar-refractivity contribution >= 4 is 21.4 Å². The van der Waals surface area contributed by atoms with Crippen LogP contribution >= 0.6 is 0 Å². The van der Waals surface area contributed by atoms with E-state index < -0.39 is 14.9 Å². The molecule has 1 saturated carbocycles. The lowest BCUT2D eigenvalue weighted by atomic mass is 10.3. The van der Waals surface area contributed by atoms with Crippen molar-refractivity contribution in [2.45, 2.75) is 30.2 Å². The zero-order valence-electron chi connectivity index (χ0n) is 11.1. The number of hydrogen-bond acceptors (Lipinski definition) is 6. The molecule has 21 heavy (non-hydrogen) atoms. The molecular formula is C12H14N4O4S. The fourth-order valence-corrected chi connectivity index (χ4v) is 3.83. The van der Waals surface area contributed by atoms with Crippen molar-refractivity contribution in [3.05, 3.63) is 28.3 Å². The summed E-state index contributed by atoms with van der Waals surface area (Å²) in [6, 6.07) is 5.08. The molecule has 2 rings (SSSR count). The van der Waals surface area contributed by atoms with Gasteiger partial charge in [-0.2, -0.15) is 9.57 Å². The highest BCUT2D eigenvalue weighted by atomic mass is 32.2. The number of non-ortho nitro benzene ring substituents is 1. The summed E-state index contributed by atoms with van der Waals surface area (Å²) in [4.78, 5) is 9.84. The topological polar surface area (TPSA) is 130 Å². The van der Waals surface area contributed by atoms with Crippen molar-refractivity contribution in [1.29, 1.82) is 5.26 Å². The SMILES string of the molecule is N#CCCN(C1CC1)S(=O)(=O)c1cc([N+](=O)[O-])ccc1N. The minimum absolute atomic E-state index is 0.0387. The predicted octanol–water partition coefficient (Wildman–Crippen LogP) is 1.24. The maximum absolute atomic E-state index is 12.6. The summed E-state index contributed by atoms with van der Waals surface area (Å²) in [6.07, 6.45) is 1.50. The lowest BCUT2D eigenvalue weighted by Gasteiger charge is -2.21. The molecule has 1 aromatic carbocycles. The Hall–Kier alpha value is -2.18. The Morgan fingerprint density at radius 3 is 2.67 bits per heavy atom. The molecule has 0 saturated heterocycles. The molecule has 1 fully saturated rings. The number of anilines is 1. The Morgan fingerprint density at radius 1 is 1.48 bits per heavy atom. The molecule has 1 aliphatic carbocycles. The van der Waals surface area contributed by atoms with E-state index in [1.807, 2.05) is 6.07 Å². The molecule has 0 aromatic heterocycles. The van der Waals surface area contributed by atoms with E-state index in [0.29, 0.717) is 0 Å². The molecule has 0 unspecified atom stereocenters. The van der Waals surface area contributed by atoms with Crippen molar-refractivity contribution in [2.75, 3.05) is 12.3 Å². The van der Waals surface area contributed by atoms with E-state index in [-0.39, 0.29) is 35.3 Å². The third-order valence-corrected chi connectivity index (χ3v) is 5.20. The van der Waals surface area contributed by atoms with Crippen LogP contribution in [-0.2, 0) is 10.0 Å². The van der Waals surface area contributed by atoms with Gasteiger partial charge in [0.1, 0.15) is 4.90 Å². The first-order chi connectivity index (χ1) is 9.87. The van der Waals surface area contributed by atoms with Gasteiger partial charge in [-0.25, -0.2) is 8.42 Å². The number of sulfonamides is 1. The van der Waals surface area contributed by atoms with Gasteiger partial charge in [-0.3, -0.25) is 10.1 Å². The third kappa shape index (κ3) is 3.12. The number of nitrogen functional groups attached to an aromatic ring is 1. The van der Waals surface area contributed by atoms with Crippen LogP contribution in [0.1, 0.15) is 19.3 Å². The Labute approximate surface area is 122 Å². The highest BCUT2D eigenvalue weighted by molar-refractivity contribution is 7.89. The van der Waals surface area contributed by atoms with Crippen molar-refractivity contribution in [3.63, 3.8) is 0 Å². The molecule has 0 amide bonds. The highest BCUT2D eigenvalue weighted by Crippen LogP contribution is 2.34. The number of benzene rings is 1. The molecular weight excluding hydrogens is 296 g/mol. The molecule has 0 heterocycles. The monoisotopic (exact) mass is 310 g/mol. The largest absolute Gasteiger partial charge is 0.398 e. The molecule has 1 aliphatic rings. The molecule has 8 nitrogen and oxygen atoms in total. The fourth-order valence-electron chi connectivity index (χ4n) is 2.01. The number of hydrogen-bond donors (Lipinski definition) is 1. The first kappa shape index (κ1) is 15.2. The van der Waals surface area contributed by atoms with Gasteiger partial charge in [0.2, 0.25) is 10.0 Å². The summed E-state index contributed by atoms with van der Waals surface area (Å²) in [5.41, 5.74) is 5.30. The minimum Gasteiger partial charge on any atom is -0.398 e. The van der Waals surface area contributed by atoms with Crippen LogP contribution in [0, 0.1) is 21.4 Å². The van der Waals surface area contributed by atoms with Gasteiger partial charge in [0, 0.05) is 31.1 Å². The van der Waals surface area contributed by atoms with E-state index >= 15 is 0 Å². The molecule has 0 spiro atoms. The third-order valence-electron chi connectivity index (χ3n) is 3.19. The maximum Gasteiger partial charge on any atom is 0.270 e. The van der Waals surface area contributed by atoms with Gasteiger partial charge in [0.05, 0.1) is 16.7 Å². The average molecular weight is 310 g/mol.